The van der Waals surface area contributed by atoms with E-state index in [9.17, 15) is 9.59 Å². The Balaban J connectivity index is 1.20. The molecule has 1 aliphatic carbocycles. The highest BCUT2D eigenvalue weighted by molar-refractivity contribution is 5.94. The molecular formula is C34H39N3O6. The van der Waals surface area contributed by atoms with Crippen LogP contribution in [0.5, 0.6) is 0 Å². The van der Waals surface area contributed by atoms with Crippen LogP contribution >= 0.6 is 0 Å². The van der Waals surface area contributed by atoms with Gasteiger partial charge in [0, 0.05) is 25.3 Å². The van der Waals surface area contributed by atoms with E-state index in [1.807, 2.05) is 18.2 Å². The number of fused-ring (bicyclic) bond motifs is 3. The fourth-order valence-corrected chi connectivity index (χ4v) is 5.59. The minimum atomic E-state index is -0.623. The Hall–Kier alpha value is -4.18. The molecule has 0 saturated heterocycles. The Morgan fingerprint density at radius 1 is 0.953 bits per heavy atom. The number of nitrogens with two attached hydrogens (primary N) is 1. The van der Waals surface area contributed by atoms with E-state index in [-0.39, 0.29) is 43.3 Å². The molecule has 2 atom stereocenters. The van der Waals surface area contributed by atoms with Crippen LogP contribution in [0.3, 0.4) is 0 Å². The number of aliphatic hydroxyl groups is 1. The highest BCUT2D eigenvalue weighted by Crippen LogP contribution is 2.42. The molecule has 0 radical (unpaired) electrons. The van der Waals surface area contributed by atoms with Gasteiger partial charge >= 0.3 is 0 Å². The summed E-state index contributed by atoms with van der Waals surface area (Å²) in [5, 5.41) is 14.7. The normalized spacial score (nSPS) is 16.9. The Morgan fingerprint density at radius 3 is 2.63 bits per heavy atom. The molecule has 0 saturated carbocycles. The summed E-state index contributed by atoms with van der Waals surface area (Å²) >= 11 is 0. The summed E-state index contributed by atoms with van der Waals surface area (Å²) < 4.78 is 17.3. The number of aliphatic hydroxyl groups excluding tert-OH is 1. The molecule has 0 aromatic heterocycles. The lowest BCUT2D eigenvalue weighted by Gasteiger charge is -2.30. The molecule has 2 amide bonds. The summed E-state index contributed by atoms with van der Waals surface area (Å²) in [4.78, 5) is 25.5. The van der Waals surface area contributed by atoms with Crippen LogP contribution in [0.2, 0.25) is 0 Å². The molecule has 3 aromatic rings. The molecule has 1 aliphatic heterocycles. The van der Waals surface area contributed by atoms with Gasteiger partial charge in [-0.05, 0) is 65.3 Å². The number of nitrogen functional groups attached to an aromatic ring is 1. The maximum atomic E-state index is 13.2. The molecule has 5 N–H and O–H groups in total. The predicted octanol–water partition coefficient (Wildman–Crippen LogP) is 4.50. The number of nitrogens with one attached hydrogen (secondary N) is 2. The summed E-state index contributed by atoms with van der Waals surface area (Å²) in [6, 6.07) is 21.9. The van der Waals surface area contributed by atoms with E-state index in [4.69, 9.17) is 25.1 Å². The second-order valence-electron chi connectivity index (χ2n) is 10.7. The highest BCUT2D eigenvalue weighted by atomic mass is 16.7. The lowest BCUT2D eigenvalue weighted by atomic mass is 9.87. The van der Waals surface area contributed by atoms with E-state index >= 15 is 0 Å². The van der Waals surface area contributed by atoms with Crippen molar-refractivity contribution in [2.24, 2.45) is 0 Å². The third kappa shape index (κ3) is 7.81. The van der Waals surface area contributed by atoms with Crippen LogP contribution < -0.4 is 16.4 Å². The van der Waals surface area contributed by atoms with Crippen molar-refractivity contribution in [1.82, 2.24) is 5.32 Å². The Labute approximate surface area is 252 Å². The average molecular weight is 586 g/mol. The average Bonchev–Trinajstić information content (AvgIpc) is 3.40. The van der Waals surface area contributed by atoms with Crippen LogP contribution in [-0.4, -0.2) is 56.2 Å². The SMILES string of the molecule is Nc1ccccc1NC(=O)CCCCNC(=O)C1=CC(c2cccc3c2Cc2ccccc2-3)CC(OCCOCCO)O1. The van der Waals surface area contributed by atoms with Gasteiger partial charge < -0.3 is 35.7 Å². The Morgan fingerprint density at radius 2 is 1.77 bits per heavy atom. The molecule has 226 valence electrons. The number of anilines is 2. The van der Waals surface area contributed by atoms with Crippen molar-refractivity contribution in [3.8, 4) is 11.1 Å². The fourth-order valence-electron chi connectivity index (χ4n) is 5.59. The van der Waals surface area contributed by atoms with Crippen LogP contribution in [0.25, 0.3) is 11.1 Å². The van der Waals surface area contributed by atoms with Crippen molar-refractivity contribution in [2.75, 3.05) is 44.0 Å². The molecule has 0 bridgehead atoms. The van der Waals surface area contributed by atoms with Gasteiger partial charge in [0.2, 0.25) is 12.2 Å². The number of allylic oxidation sites excluding steroid dienone is 1. The van der Waals surface area contributed by atoms with Crippen LogP contribution in [0.15, 0.2) is 78.6 Å². The molecule has 43 heavy (non-hydrogen) atoms. The number of carbonyl (C=O) groups excluding carboxylic acids is 2. The summed E-state index contributed by atoms with van der Waals surface area (Å²) in [6.45, 7) is 1.19. The molecule has 0 spiro atoms. The minimum Gasteiger partial charge on any atom is -0.459 e. The summed E-state index contributed by atoms with van der Waals surface area (Å²) in [5.41, 5.74) is 13.2. The topological polar surface area (TPSA) is 132 Å². The maximum absolute atomic E-state index is 13.2. The van der Waals surface area contributed by atoms with Gasteiger partial charge in [-0.1, -0.05) is 54.6 Å². The number of benzene rings is 3. The number of hydrogen-bond acceptors (Lipinski definition) is 7. The maximum Gasteiger partial charge on any atom is 0.286 e. The fraction of sp³-hybridized carbons (Fsp3) is 0.353. The third-order valence-corrected chi connectivity index (χ3v) is 7.69. The minimum absolute atomic E-state index is 0.0527. The largest absolute Gasteiger partial charge is 0.459 e. The van der Waals surface area contributed by atoms with E-state index in [1.54, 1.807) is 12.1 Å². The zero-order valence-corrected chi connectivity index (χ0v) is 24.2. The first-order chi connectivity index (χ1) is 21.0. The number of ether oxygens (including phenoxy) is 3. The van der Waals surface area contributed by atoms with E-state index in [0.29, 0.717) is 50.2 Å². The molecule has 9 nitrogen and oxygen atoms in total. The van der Waals surface area contributed by atoms with Crippen LogP contribution in [-0.2, 0) is 30.2 Å². The van der Waals surface area contributed by atoms with Gasteiger partial charge in [0.15, 0.2) is 5.76 Å². The lowest BCUT2D eigenvalue weighted by Crippen LogP contribution is -2.34. The third-order valence-electron chi connectivity index (χ3n) is 7.69. The van der Waals surface area contributed by atoms with Crippen LogP contribution in [0.1, 0.15) is 48.3 Å². The van der Waals surface area contributed by atoms with Gasteiger partial charge in [0.25, 0.3) is 5.91 Å². The first kappa shape index (κ1) is 30.3. The number of unbranched alkanes of at least 4 members (excludes halogenated alkanes) is 1. The van der Waals surface area contributed by atoms with Gasteiger partial charge in [-0.3, -0.25) is 9.59 Å². The van der Waals surface area contributed by atoms with Crippen LogP contribution in [0, 0.1) is 0 Å². The molecule has 3 aromatic carbocycles. The van der Waals surface area contributed by atoms with Crippen molar-refractivity contribution >= 4 is 23.2 Å². The summed E-state index contributed by atoms with van der Waals surface area (Å²) in [5.74, 6) is -0.280. The van der Waals surface area contributed by atoms with Crippen LogP contribution in [0.4, 0.5) is 11.4 Å². The molecular weight excluding hydrogens is 546 g/mol. The van der Waals surface area contributed by atoms with Gasteiger partial charge in [-0.2, -0.15) is 0 Å². The quantitative estimate of drug-likeness (QED) is 0.127. The van der Waals surface area contributed by atoms with Crippen molar-refractivity contribution in [2.45, 2.75) is 44.3 Å². The standard InChI is InChI=1S/C34H39N3O6/c35-29-12-3-4-13-30(29)37-32(39)14-5-6-15-36-34(40)31-21-24(22-33(43-31)42-19-18-41-17-16-38)26-10-7-11-27-25-9-2-1-8-23(25)20-28(26)27/h1-4,7-13,21,24,33,38H,5-6,14-20,22,35H2,(H,36,40)(H,37,39). The van der Waals surface area contributed by atoms with Crippen molar-refractivity contribution in [1.29, 1.82) is 0 Å². The van der Waals surface area contributed by atoms with Gasteiger partial charge in [0.1, 0.15) is 0 Å². The summed E-state index contributed by atoms with van der Waals surface area (Å²) in [7, 11) is 0. The molecule has 2 aliphatic rings. The van der Waals surface area contributed by atoms with Crippen molar-refractivity contribution in [3.63, 3.8) is 0 Å². The van der Waals surface area contributed by atoms with Gasteiger partial charge in [-0.15, -0.1) is 0 Å². The zero-order valence-electron chi connectivity index (χ0n) is 24.2. The van der Waals surface area contributed by atoms with Gasteiger partial charge in [0.05, 0.1) is 37.8 Å². The van der Waals surface area contributed by atoms with E-state index < -0.39 is 6.29 Å². The predicted molar refractivity (Wildman–Crippen MR) is 165 cm³/mol. The molecule has 5 rings (SSSR count). The lowest BCUT2D eigenvalue weighted by molar-refractivity contribution is -0.151. The van der Waals surface area contributed by atoms with Gasteiger partial charge in [-0.25, -0.2) is 0 Å². The highest BCUT2D eigenvalue weighted by Gasteiger charge is 2.31. The monoisotopic (exact) mass is 585 g/mol. The smallest absolute Gasteiger partial charge is 0.286 e. The number of rotatable bonds is 14. The first-order valence-electron chi connectivity index (χ1n) is 14.8. The van der Waals surface area contributed by atoms with E-state index in [0.717, 1.165) is 12.0 Å². The second-order valence-corrected chi connectivity index (χ2v) is 10.7. The number of amides is 2. The molecule has 0 fully saturated rings. The van der Waals surface area contributed by atoms with E-state index in [1.165, 1.54) is 22.3 Å². The van der Waals surface area contributed by atoms with Crippen molar-refractivity contribution < 1.29 is 28.9 Å². The Bertz CT molecular complexity index is 1460. The number of para-hydroxylation sites is 2. The Kier molecular flexibility index (Phi) is 10.4. The van der Waals surface area contributed by atoms with Crippen molar-refractivity contribution in [3.05, 3.63) is 95.3 Å². The number of hydrogen-bond donors (Lipinski definition) is 4. The first-order valence-corrected chi connectivity index (χ1v) is 14.8. The molecule has 9 heteroatoms. The van der Waals surface area contributed by atoms with E-state index in [2.05, 4.69) is 53.1 Å². The number of carbonyl (C=O) groups is 2. The zero-order chi connectivity index (χ0) is 30.0. The molecule has 1 heterocycles. The second kappa shape index (κ2) is 14.8. The molecule has 2 unspecified atom stereocenters. The summed E-state index contributed by atoms with van der Waals surface area (Å²) in [6.07, 6.45) is 4.24.